The molecule has 0 bridgehead atoms. The van der Waals surface area contributed by atoms with Gasteiger partial charge in [0, 0.05) is 5.92 Å². The van der Waals surface area contributed by atoms with Gasteiger partial charge in [-0.3, -0.25) is 0 Å². The Morgan fingerprint density at radius 2 is 2.05 bits per heavy atom. The molecule has 0 saturated heterocycles. The van der Waals surface area contributed by atoms with Crippen LogP contribution in [0.4, 0.5) is 5.95 Å². The van der Waals surface area contributed by atoms with Gasteiger partial charge in [0.1, 0.15) is 12.1 Å². The Kier molecular flexibility index (Phi) is 2.45. The average Bonchev–Trinajstić information content (AvgIpc) is 3.19. The molecule has 3 aromatic heterocycles. The minimum atomic E-state index is 0.333. The molecule has 0 amide bonds. The number of fused-ring (bicyclic) bond motifs is 1. The number of hydrogen-bond donors (Lipinski definition) is 1. The molecule has 3 aromatic rings. The summed E-state index contributed by atoms with van der Waals surface area (Å²) in [6, 6.07) is 1.80. The summed E-state index contributed by atoms with van der Waals surface area (Å²) in [4.78, 5) is 13.3. The van der Waals surface area contributed by atoms with Crippen LogP contribution in [0, 0.1) is 0 Å². The Balaban J connectivity index is 1.83. The van der Waals surface area contributed by atoms with Gasteiger partial charge >= 0.3 is 0 Å². The molecule has 1 fully saturated rings. The van der Waals surface area contributed by atoms with Crippen molar-refractivity contribution in [1.82, 2.24) is 24.6 Å². The van der Waals surface area contributed by atoms with Gasteiger partial charge in [0.25, 0.3) is 5.78 Å². The second kappa shape index (κ2) is 4.29. The van der Waals surface area contributed by atoms with Crippen LogP contribution in [0.3, 0.4) is 0 Å². The van der Waals surface area contributed by atoms with E-state index < -0.39 is 0 Å². The molecule has 7 nitrogen and oxygen atoms in total. The highest BCUT2D eigenvalue weighted by Crippen LogP contribution is 2.32. The fourth-order valence-electron chi connectivity index (χ4n) is 2.70. The molecule has 0 aliphatic heterocycles. The normalized spacial score (nSPS) is 16.2. The van der Waals surface area contributed by atoms with Crippen molar-refractivity contribution in [2.75, 3.05) is 5.73 Å². The Morgan fingerprint density at radius 1 is 1.20 bits per heavy atom. The molecule has 102 valence electrons. The Morgan fingerprint density at radius 3 is 2.80 bits per heavy atom. The van der Waals surface area contributed by atoms with Crippen LogP contribution < -0.4 is 5.73 Å². The number of furan rings is 1. The van der Waals surface area contributed by atoms with Crippen molar-refractivity contribution in [2.45, 2.75) is 31.6 Å². The molecule has 0 unspecified atom stereocenters. The molecule has 1 saturated carbocycles. The zero-order valence-electron chi connectivity index (χ0n) is 10.9. The predicted molar refractivity (Wildman–Crippen MR) is 71.9 cm³/mol. The second-order valence-electron chi connectivity index (χ2n) is 5.08. The molecule has 4 rings (SSSR count). The zero-order chi connectivity index (χ0) is 13.5. The van der Waals surface area contributed by atoms with Crippen molar-refractivity contribution in [3.63, 3.8) is 0 Å². The number of aromatic nitrogens is 5. The second-order valence-corrected chi connectivity index (χ2v) is 5.08. The number of nitrogens with two attached hydrogens (primary N) is 1. The van der Waals surface area contributed by atoms with Crippen LogP contribution in [0.1, 0.15) is 37.4 Å². The Bertz CT molecular complexity index is 742. The van der Waals surface area contributed by atoms with Gasteiger partial charge in [-0.25, -0.2) is 0 Å². The van der Waals surface area contributed by atoms with Crippen molar-refractivity contribution in [3.05, 3.63) is 24.4 Å². The van der Waals surface area contributed by atoms with E-state index in [9.17, 15) is 0 Å². The standard InChI is InChI=1S/C13H14N6O/c14-12-15-10(8-3-1-2-4-8)16-13-17-11(18-19(12)13)9-5-6-20-7-9/h5-8H,1-4H2,(H2,14,15,16,17,18). The molecular formula is C13H14N6O. The largest absolute Gasteiger partial charge is 0.472 e. The van der Waals surface area contributed by atoms with E-state index in [0.717, 1.165) is 24.2 Å². The van der Waals surface area contributed by atoms with Crippen LogP contribution >= 0.6 is 0 Å². The van der Waals surface area contributed by atoms with Gasteiger partial charge < -0.3 is 10.2 Å². The van der Waals surface area contributed by atoms with Crippen molar-refractivity contribution in [2.24, 2.45) is 0 Å². The summed E-state index contributed by atoms with van der Waals surface area (Å²) in [5, 5.41) is 4.32. The van der Waals surface area contributed by atoms with Gasteiger partial charge in [-0.2, -0.15) is 19.5 Å². The molecule has 0 radical (unpaired) electrons. The van der Waals surface area contributed by atoms with Crippen molar-refractivity contribution >= 4 is 11.7 Å². The van der Waals surface area contributed by atoms with Gasteiger partial charge in [0.2, 0.25) is 5.95 Å². The lowest BCUT2D eigenvalue weighted by atomic mass is 10.1. The molecule has 0 spiro atoms. The fourth-order valence-corrected chi connectivity index (χ4v) is 2.70. The summed E-state index contributed by atoms with van der Waals surface area (Å²) in [7, 11) is 0. The first kappa shape index (κ1) is 11.4. The van der Waals surface area contributed by atoms with E-state index in [0.29, 0.717) is 23.5 Å². The number of nitrogen functional groups attached to an aromatic ring is 1. The van der Waals surface area contributed by atoms with E-state index in [2.05, 4.69) is 20.1 Å². The summed E-state index contributed by atoms with van der Waals surface area (Å²) in [5.74, 6) is 2.56. The minimum Gasteiger partial charge on any atom is -0.472 e. The Labute approximate surface area is 114 Å². The van der Waals surface area contributed by atoms with E-state index >= 15 is 0 Å². The van der Waals surface area contributed by atoms with Gasteiger partial charge in [0.15, 0.2) is 5.82 Å². The molecular weight excluding hydrogens is 256 g/mol. The summed E-state index contributed by atoms with van der Waals surface area (Å²) in [6.07, 6.45) is 7.88. The maximum absolute atomic E-state index is 5.98. The molecule has 2 N–H and O–H groups in total. The smallest absolute Gasteiger partial charge is 0.257 e. The van der Waals surface area contributed by atoms with Crippen LogP contribution in [0.5, 0.6) is 0 Å². The topological polar surface area (TPSA) is 95.1 Å². The maximum Gasteiger partial charge on any atom is 0.257 e. The summed E-state index contributed by atoms with van der Waals surface area (Å²) in [6.45, 7) is 0. The third kappa shape index (κ3) is 1.74. The summed E-state index contributed by atoms with van der Waals surface area (Å²) >= 11 is 0. The third-order valence-electron chi connectivity index (χ3n) is 3.75. The van der Waals surface area contributed by atoms with Gasteiger partial charge in [-0.05, 0) is 18.9 Å². The van der Waals surface area contributed by atoms with Crippen molar-refractivity contribution < 1.29 is 4.42 Å². The highest BCUT2D eigenvalue weighted by Gasteiger charge is 2.22. The van der Waals surface area contributed by atoms with Crippen LogP contribution in [-0.4, -0.2) is 24.6 Å². The van der Waals surface area contributed by atoms with Crippen LogP contribution in [0.15, 0.2) is 23.0 Å². The molecule has 0 atom stereocenters. The van der Waals surface area contributed by atoms with Crippen LogP contribution in [-0.2, 0) is 0 Å². The van der Waals surface area contributed by atoms with E-state index in [1.54, 1.807) is 18.6 Å². The Hall–Kier alpha value is -2.44. The quantitative estimate of drug-likeness (QED) is 0.765. The first-order valence-electron chi connectivity index (χ1n) is 6.74. The van der Waals surface area contributed by atoms with Crippen LogP contribution in [0.2, 0.25) is 0 Å². The predicted octanol–water partition coefficient (Wildman–Crippen LogP) is 2.02. The van der Waals surface area contributed by atoms with Crippen LogP contribution in [0.25, 0.3) is 17.2 Å². The number of hydrogen-bond acceptors (Lipinski definition) is 6. The zero-order valence-corrected chi connectivity index (χ0v) is 10.9. The molecule has 20 heavy (non-hydrogen) atoms. The van der Waals surface area contributed by atoms with Crippen molar-refractivity contribution in [1.29, 1.82) is 0 Å². The minimum absolute atomic E-state index is 0.333. The first-order chi connectivity index (χ1) is 9.81. The first-order valence-corrected chi connectivity index (χ1v) is 6.74. The van der Waals surface area contributed by atoms with Gasteiger partial charge in [-0.15, -0.1) is 5.10 Å². The SMILES string of the molecule is Nc1nc(C2CCCC2)nc2nc(-c3ccoc3)nn12. The van der Waals surface area contributed by atoms with Crippen molar-refractivity contribution in [3.8, 4) is 11.4 Å². The lowest BCUT2D eigenvalue weighted by Gasteiger charge is -2.07. The molecule has 0 aromatic carbocycles. The molecule has 1 aliphatic carbocycles. The van der Waals surface area contributed by atoms with E-state index in [-0.39, 0.29) is 0 Å². The lowest BCUT2D eigenvalue weighted by molar-refractivity contribution is 0.568. The summed E-state index contributed by atoms with van der Waals surface area (Å²) < 4.78 is 6.52. The highest BCUT2D eigenvalue weighted by molar-refractivity contribution is 5.55. The van der Waals surface area contributed by atoms with Gasteiger partial charge in [-0.1, -0.05) is 12.8 Å². The monoisotopic (exact) mass is 270 g/mol. The maximum atomic E-state index is 5.98. The van der Waals surface area contributed by atoms with E-state index in [4.69, 9.17) is 10.2 Å². The van der Waals surface area contributed by atoms with E-state index in [1.807, 2.05) is 0 Å². The summed E-state index contributed by atoms with van der Waals surface area (Å²) in [5.41, 5.74) is 6.78. The third-order valence-corrected chi connectivity index (χ3v) is 3.75. The molecule has 3 heterocycles. The van der Waals surface area contributed by atoms with E-state index in [1.165, 1.54) is 17.4 Å². The van der Waals surface area contributed by atoms with Gasteiger partial charge in [0.05, 0.1) is 11.8 Å². The molecule has 1 aliphatic rings. The fraction of sp³-hybridized carbons (Fsp3) is 0.385. The number of rotatable bonds is 2. The lowest BCUT2D eigenvalue weighted by Crippen LogP contribution is -2.09. The number of nitrogens with zero attached hydrogens (tertiary/aromatic N) is 5. The number of anilines is 1. The molecule has 7 heteroatoms. The average molecular weight is 270 g/mol. The highest BCUT2D eigenvalue weighted by atomic mass is 16.3.